The van der Waals surface area contributed by atoms with E-state index in [0.717, 1.165) is 4.90 Å². The smallest absolute Gasteiger partial charge is 0.311 e. The Morgan fingerprint density at radius 3 is 2.91 bits per heavy atom. The molecule has 1 fully saturated rings. The van der Waals surface area contributed by atoms with Crippen LogP contribution in [0.2, 0.25) is 0 Å². The molecule has 1 saturated heterocycles. The number of carbonyl (C=O) groups is 3. The van der Waals surface area contributed by atoms with Crippen LogP contribution in [0.3, 0.4) is 0 Å². The molecule has 1 aromatic carbocycles. The molecule has 0 saturated carbocycles. The van der Waals surface area contributed by atoms with E-state index >= 15 is 0 Å². The van der Waals surface area contributed by atoms with E-state index < -0.39 is 11.4 Å². The number of thioether (sulfide) groups is 1. The second-order valence-electron chi connectivity index (χ2n) is 6.24. The van der Waals surface area contributed by atoms with Crippen LogP contribution in [-0.2, 0) is 9.59 Å². The standard InChI is InChI=1S/C16H18N2O4S/c1-16(15(21)22)5-2-6-18(9-16)14(20)10-3-4-12-11(7-10)17-13(19)8-23-12/h3-4,7H,2,5-6,8-9H2,1H3,(H,17,19)(H,21,22). The quantitative estimate of drug-likeness (QED) is 0.864. The van der Waals surface area contributed by atoms with E-state index in [1.165, 1.54) is 11.8 Å². The van der Waals surface area contributed by atoms with Gasteiger partial charge in [0.25, 0.3) is 5.91 Å². The highest BCUT2D eigenvalue weighted by Gasteiger charge is 2.39. The molecule has 0 spiro atoms. The van der Waals surface area contributed by atoms with Crippen molar-refractivity contribution in [3.8, 4) is 0 Å². The summed E-state index contributed by atoms with van der Waals surface area (Å²) in [6, 6.07) is 5.24. The van der Waals surface area contributed by atoms with Crippen LogP contribution < -0.4 is 5.32 Å². The molecule has 6 nitrogen and oxygen atoms in total. The molecule has 0 radical (unpaired) electrons. The van der Waals surface area contributed by atoms with Gasteiger partial charge in [-0.15, -0.1) is 11.8 Å². The maximum absolute atomic E-state index is 12.7. The lowest BCUT2D eigenvalue weighted by molar-refractivity contribution is -0.150. The van der Waals surface area contributed by atoms with E-state index in [0.29, 0.717) is 36.4 Å². The molecule has 2 aliphatic heterocycles. The number of likely N-dealkylation sites (tertiary alicyclic amines) is 1. The van der Waals surface area contributed by atoms with Gasteiger partial charge in [0.1, 0.15) is 0 Å². The first-order chi connectivity index (χ1) is 10.9. The van der Waals surface area contributed by atoms with Gasteiger partial charge < -0.3 is 15.3 Å². The topological polar surface area (TPSA) is 86.7 Å². The minimum atomic E-state index is -0.897. The number of benzene rings is 1. The van der Waals surface area contributed by atoms with Crippen molar-refractivity contribution in [3.05, 3.63) is 23.8 Å². The first-order valence-corrected chi connectivity index (χ1v) is 8.47. The van der Waals surface area contributed by atoms with Gasteiger partial charge in [-0.3, -0.25) is 14.4 Å². The van der Waals surface area contributed by atoms with E-state index in [-0.39, 0.29) is 18.4 Å². The maximum Gasteiger partial charge on any atom is 0.311 e. The first kappa shape index (κ1) is 15.9. The Morgan fingerprint density at radius 2 is 2.17 bits per heavy atom. The summed E-state index contributed by atoms with van der Waals surface area (Å²) in [7, 11) is 0. The lowest BCUT2D eigenvalue weighted by atomic mass is 9.82. The third-order valence-corrected chi connectivity index (χ3v) is 5.43. The normalized spacial score (nSPS) is 23.9. The van der Waals surface area contributed by atoms with Crippen molar-refractivity contribution >= 4 is 35.2 Å². The van der Waals surface area contributed by atoms with Gasteiger partial charge in [-0.25, -0.2) is 0 Å². The Hall–Kier alpha value is -2.02. The molecule has 0 bridgehead atoms. The van der Waals surface area contributed by atoms with Gasteiger partial charge in [0, 0.05) is 23.5 Å². The zero-order valence-electron chi connectivity index (χ0n) is 12.8. The Kier molecular flexibility index (Phi) is 4.06. The Bertz CT molecular complexity index is 691. The average Bonchev–Trinajstić information content (AvgIpc) is 2.53. The van der Waals surface area contributed by atoms with Crippen LogP contribution in [0.15, 0.2) is 23.1 Å². The highest BCUT2D eigenvalue weighted by atomic mass is 32.2. The summed E-state index contributed by atoms with van der Waals surface area (Å²) < 4.78 is 0. The first-order valence-electron chi connectivity index (χ1n) is 7.48. The average molecular weight is 334 g/mol. The number of carbonyl (C=O) groups excluding carboxylic acids is 2. The monoisotopic (exact) mass is 334 g/mol. The summed E-state index contributed by atoms with van der Waals surface area (Å²) in [5.41, 5.74) is 0.225. The molecule has 0 aromatic heterocycles. The zero-order valence-corrected chi connectivity index (χ0v) is 13.6. The molecule has 1 atom stereocenters. The Labute approximate surface area is 138 Å². The number of anilines is 1. The number of nitrogens with zero attached hydrogens (tertiary/aromatic N) is 1. The lowest BCUT2D eigenvalue weighted by Gasteiger charge is -2.37. The van der Waals surface area contributed by atoms with E-state index in [1.807, 2.05) is 6.07 Å². The molecule has 7 heteroatoms. The fourth-order valence-electron chi connectivity index (χ4n) is 2.99. The van der Waals surface area contributed by atoms with Gasteiger partial charge in [-0.1, -0.05) is 0 Å². The van der Waals surface area contributed by atoms with Crippen LogP contribution in [0.25, 0.3) is 0 Å². The summed E-state index contributed by atoms with van der Waals surface area (Å²) in [4.78, 5) is 38.1. The lowest BCUT2D eigenvalue weighted by Crippen LogP contribution is -2.48. The van der Waals surface area contributed by atoms with Crippen molar-refractivity contribution in [2.45, 2.75) is 24.7 Å². The van der Waals surface area contributed by atoms with Crippen LogP contribution in [0.5, 0.6) is 0 Å². The predicted molar refractivity (Wildman–Crippen MR) is 86.7 cm³/mol. The molecular weight excluding hydrogens is 316 g/mol. The third kappa shape index (κ3) is 3.06. The van der Waals surface area contributed by atoms with E-state index in [9.17, 15) is 19.5 Å². The van der Waals surface area contributed by atoms with Gasteiger partial charge in [0.05, 0.1) is 16.9 Å². The van der Waals surface area contributed by atoms with Gasteiger partial charge in [-0.05, 0) is 38.0 Å². The van der Waals surface area contributed by atoms with Crippen molar-refractivity contribution in [2.24, 2.45) is 5.41 Å². The second kappa shape index (κ2) is 5.88. The summed E-state index contributed by atoms with van der Waals surface area (Å²) in [5.74, 6) is -0.763. The molecule has 1 unspecified atom stereocenters. The molecule has 122 valence electrons. The number of rotatable bonds is 2. The highest BCUT2D eigenvalue weighted by Crippen LogP contribution is 2.34. The second-order valence-corrected chi connectivity index (χ2v) is 7.26. The number of nitrogens with one attached hydrogen (secondary N) is 1. The van der Waals surface area contributed by atoms with Gasteiger partial charge in [-0.2, -0.15) is 0 Å². The summed E-state index contributed by atoms with van der Waals surface area (Å²) >= 11 is 1.44. The third-order valence-electron chi connectivity index (χ3n) is 4.36. The number of carboxylic acids is 1. The van der Waals surface area contributed by atoms with Crippen LogP contribution in [-0.4, -0.2) is 46.6 Å². The Balaban J connectivity index is 1.82. The highest BCUT2D eigenvalue weighted by molar-refractivity contribution is 8.00. The number of aliphatic carboxylic acids is 1. The molecule has 0 aliphatic carbocycles. The molecule has 1 aromatic rings. The summed E-state index contributed by atoms with van der Waals surface area (Å²) in [6.07, 6.45) is 1.25. The summed E-state index contributed by atoms with van der Waals surface area (Å²) in [5, 5.41) is 12.1. The number of carboxylic acid groups (broad SMARTS) is 1. The fraction of sp³-hybridized carbons (Fsp3) is 0.438. The molecule has 3 rings (SSSR count). The minimum absolute atomic E-state index is 0.0801. The van der Waals surface area contributed by atoms with Crippen molar-refractivity contribution in [1.82, 2.24) is 4.90 Å². The van der Waals surface area contributed by atoms with Crippen molar-refractivity contribution in [2.75, 3.05) is 24.2 Å². The maximum atomic E-state index is 12.7. The van der Waals surface area contributed by atoms with E-state index in [2.05, 4.69) is 5.32 Å². The number of hydrogen-bond donors (Lipinski definition) is 2. The number of piperidine rings is 1. The molecule has 2 heterocycles. The van der Waals surface area contributed by atoms with Crippen molar-refractivity contribution in [3.63, 3.8) is 0 Å². The molecule has 2 amide bonds. The Morgan fingerprint density at radius 1 is 1.39 bits per heavy atom. The summed E-state index contributed by atoms with van der Waals surface area (Å²) in [6.45, 7) is 2.44. The zero-order chi connectivity index (χ0) is 16.6. The van der Waals surface area contributed by atoms with E-state index in [4.69, 9.17) is 0 Å². The number of amides is 2. The van der Waals surface area contributed by atoms with Gasteiger partial charge in [0.15, 0.2) is 0 Å². The molecule has 2 N–H and O–H groups in total. The number of fused-ring (bicyclic) bond motifs is 1. The van der Waals surface area contributed by atoms with Crippen molar-refractivity contribution < 1.29 is 19.5 Å². The van der Waals surface area contributed by atoms with E-state index in [1.54, 1.807) is 24.0 Å². The minimum Gasteiger partial charge on any atom is -0.481 e. The SMILES string of the molecule is CC1(C(=O)O)CCCN(C(=O)c2ccc3c(c2)NC(=O)CS3)C1. The van der Waals surface area contributed by atoms with Crippen LogP contribution >= 0.6 is 11.8 Å². The van der Waals surface area contributed by atoms with Gasteiger partial charge in [0.2, 0.25) is 5.91 Å². The van der Waals surface area contributed by atoms with Crippen LogP contribution in [0.4, 0.5) is 5.69 Å². The molecule has 23 heavy (non-hydrogen) atoms. The number of hydrogen-bond acceptors (Lipinski definition) is 4. The molecular formula is C16H18N2O4S. The van der Waals surface area contributed by atoms with Crippen LogP contribution in [0, 0.1) is 5.41 Å². The van der Waals surface area contributed by atoms with Gasteiger partial charge >= 0.3 is 5.97 Å². The molecule has 2 aliphatic rings. The largest absolute Gasteiger partial charge is 0.481 e. The van der Waals surface area contributed by atoms with Crippen molar-refractivity contribution in [1.29, 1.82) is 0 Å². The fourth-order valence-corrected chi connectivity index (χ4v) is 3.77. The van der Waals surface area contributed by atoms with Crippen LogP contribution in [0.1, 0.15) is 30.1 Å². The predicted octanol–water partition coefficient (Wildman–Crippen LogP) is 2.06.